The first-order valence-corrected chi connectivity index (χ1v) is 6.03. The lowest BCUT2D eigenvalue weighted by atomic mass is 10.6. The molecule has 0 unspecified atom stereocenters. The fraction of sp³-hybridized carbons (Fsp3) is 0.429. The highest BCUT2D eigenvalue weighted by Crippen LogP contribution is 2.26. The lowest BCUT2D eigenvalue weighted by Gasteiger charge is -1.98. The Morgan fingerprint density at radius 1 is 1.33 bits per heavy atom. The van der Waals surface area contributed by atoms with Gasteiger partial charge in [0, 0.05) is 7.05 Å². The van der Waals surface area contributed by atoms with Gasteiger partial charge in [-0.15, -0.1) is 20.4 Å². The van der Waals surface area contributed by atoms with Gasteiger partial charge in [-0.3, -0.25) is 0 Å². The van der Waals surface area contributed by atoms with E-state index in [-0.39, 0.29) is 0 Å². The van der Waals surface area contributed by atoms with E-state index >= 15 is 0 Å². The van der Waals surface area contributed by atoms with E-state index in [1.54, 1.807) is 11.8 Å². The SMILES string of the molecule is Cc1nnc(CSc2nnc(N)s2)n1C. The molecule has 0 aliphatic rings. The van der Waals surface area contributed by atoms with E-state index in [2.05, 4.69) is 20.4 Å². The summed E-state index contributed by atoms with van der Waals surface area (Å²) in [6.45, 7) is 1.92. The lowest BCUT2D eigenvalue weighted by Crippen LogP contribution is -1.97. The van der Waals surface area contributed by atoms with E-state index in [0.29, 0.717) is 5.13 Å². The molecule has 15 heavy (non-hydrogen) atoms. The van der Waals surface area contributed by atoms with Crippen molar-refractivity contribution in [2.24, 2.45) is 7.05 Å². The van der Waals surface area contributed by atoms with Crippen molar-refractivity contribution >= 4 is 28.2 Å². The fourth-order valence-corrected chi connectivity index (χ4v) is 2.60. The van der Waals surface area contributed by atoms with Crippen LogP contribution in [-0.2, 0) is 12.8 Å². The quantitative estimate of drug-likeness (QED) is 0.803. The second-order valence-electron chi connectivity index (χ2n) is 2.92. The molecule has 0 aromatic carbocycles. The molecule has 2 heterocycles. The summed E-state index contributed by atoms with van der Waals surface area (Å²) < 4.78 is 2.81. The second kappa shape index (κ2) is 4.15. The van der Waals surface area contributed by atoms with Crippen molar-refractivity contribution in [3.63, 3.8) is 0 Å². The standard InChI is InChI=1S/C7H10N6S2/c1-4-9-10-5(13(4)2)3-14-7-12-11-6(8)15-7/h3H2,1-2H3,(H2,8,11). The van der Waals surface area contributed by atoms with Crippen molar-refractivity contribution in [1.82, 2.24) is 25.0 Å². The van der Waals surface area contributed by atoms with Crippen LogP contribution in [0.3, 0.4) is 0 Å². The van der Waals surface area contributed by atoms with E-state index < -0.39 is 0 Å². The molecule has 8 heteroatoms. The third-order valence-electron chi connectivity index (χ3n) is 1.93. The van der Waals surface area contributed by atoms with Crippen molar-refractivity contribution in [3.8, 4) is 0 Å². The molecule has 2 N–H and O–H groups in total. The van der Waals surface area contributed by atoms with Crippen molar-refractivity contribution in [2.75, 3.05) is 5.73 Å². The van der Waals surface area contributed by atoms with Gasteiger partial charge < -0.3 is 10.3 Å². The van der Waals surface area contributed by atoms with Crippen LogP contribution in [0.25, 0.3) is 0 Å². The highest BCUT2D eigenvalue weighted by molar-refractivity contribution is 8.00. The molecule has 0 amide bonds. The monoisotopic (exact) mass is 242 g/mol. The zero-order chi connectivity index (χ0) is 10.8. The molecule has 2 rings (SSSR count). The van der Waals surface area contributed by atoms with E-state index in [0.717, 1.165) is 21.7 Å². The van der Waals surface area contributed by atoms with E-state index in [4.69, 9.17) is 5.73 Å². The first-order chi connectivity index (χ1) is 7.16. The number of aryl methyl sites for hydroxylation is 1. The molecule has 0 spiro atoms. The average molecular weight is 242 g/mol. The Bertz CT molecular complexity index is 462. The summed E-state index contributed by atoms with van der Waals surface area (Å²) in [7, 11) is 1.94. The zero-order valence-electron chi connectivity index (χ0n) is 8.34. The Morgan fingerprint density at radius 3 is 2.67 bits per heavy atom. The van der Waals surface area contributed by atoms with Gasteiger partial charge in [0.1, 0.15) is 11.6 Å². The first kappa shape index (κ1) is 10.4. The fourth-order valence-electron chi connectivity index (χ4n) is 0.982. The highest BCUT2D eigenvalue weighted by atomic mass is 32.2. The maximum Gasteiger partial charge on any atom is 0.203 e. The maximum atomic E-state index is 5.48. The minimum atomic E-state index is 0.492. The van der Waals surface area contributed by atoms with Gasteiger partial charge in [0.15, 0.2) is 4.34 Å². The largest absolute Gasteiger partial charge is 0.374 e. The summed E-state index contributed by atoms with van der Waals surface area (Å²) >= 11 is 2.94. The van der Waals surface area contributed by atoms with Crippen LogP contribution in [0, 0.1) is 6.92 Å². The molecule has 0 aliphatic heterocycles. The van der Waals surface area contributed by atoms with Crippen LogP contribution in [0.15, 0.2) is 4.34 Å². The lowest BCUT2D eigenvalue weighted by molar-refractivity contribution is 0.816. The molecule has 2 aromatic rings. The predicted octanol–water partition coefficient (Wildman–Crippen LogP) is 0.850. The topological polar surface area (TPSA) is 82.5 Å². The Kier molecular flexibility index (Phi) is 2.87. The second-order valence-corrected chi connectivity index (χ2v) is 5.15. The summed E-state index contributed by atoms with van der Waals surface area (Å²) in [6.07, 6.45) is 0. The van der Waals surface area contributed by atoms with Gasteiger partial charge in [0.25, 0.3) is 0 Å². The number of aromatic nitrogens is 5. The third kappa shape index (κ3) is 2.26. The molecule has 0 saturated heterocycles. The van der Waals surface area contributed by atoms with Gasteiger partial charge in [-0.25, -0.2) is 0 Å². The summed E-state index contributed by atoms with van der Waals surface area (Å²) in [5, 5.41) is 16.2. The molecule has 0 aliphatic carbocycles. The molecular weight excluding hydrogens is 232 g/mol. The Labute approximate surface area is 94.9 Å². The third-order valence-corrected chi connectivity index (χ3v) is 3.81. The van der Waals surface area contributed by atoms with Gasteiger partial charge in [0.05, 0.1) is 5.75 Å². The van der Waals surface area contributed by atoms with Crippen molar-refractivity contribution in [3.05, 3.63) is 11.6 Å². The summed E-state index contributed by atoms with van der Waals surface area (Å²) in [4.78, 5) is 0. The number of hydrogen-bond donors (Lipinski definition) is 1. The van der Waals surface area contributed by atoms with Gasteiger partial charge >= 0.3 is 0 Å². The molecule has 80 valence electrons. The van der Waals surface area contributed by atoms with Crippen LogP contribution in [0.5, 0.6) is 0 Å². The normalized spacial score (nSPS) is 10.8. The van der Waals surface area contributed by atoms with Gasteiger partial charge in [0.2, 0.25) is 5.13 Å². The minimum Gasteiger partial charge on any atom is -0.374 e. The van der Waals surface area contributed by atoms with E-state index in [1.807, 2.05) is 18.5 Å². The number of nitrogen functional groups attached to an aromatic ring is 1. The van der Waals surface area contributed by atoms with Gasteiger partial charge in [-0.2, -0.15) is 0 Å². The van der Waals surface area contributed by atoms with Crippen LogP contribution in [0.1, 0.15) is 11.6 Å². The van der Waals surface area contributed by atoms with Crippen molar-refractivity contribution < 1.29 is 0 Å². The minimum absolute atomic E-state index is 0.492. The van der Waals surface area contributed by atoms with Crippen LogP contribution in [-0.4, -0.2) is 25.0 Å². The average Bonchev–Trinajstić information content (AvgIpc) is 2.74. The smallest absolute Gasteiger partial charge is 0.203 e. The molecule has 0 atom stereocenters. The van der Waals surface area contributed by atoms with E-state index in [1.165, 1.54) is 11.3 Å². The van der Waals surface area contributed by atoms with Gasteiger partial charge in [-0.1, -0.05) is 23.1 Å². The number of anilines is 1. The molecule has 0 bridgehead atoms. The Morgan fingerprint density at radius 2 is 2.13 bits per heavy atom. The number of nitrogens with two attached hydrogens (primary N) is 1. The van der Waals surface area contributed by atoms with Gasteiger partial charge in [-0.05, 0) is 6.92 Å². The van der Waals surface area contributed by atoms with E-state index in [9.17, 15) is 0 Å². The van der Waals surface area contributed by atoms with Crippen LogP contribution >= 0.6 is 23.1 Å². The van der Waals surface area contributed by atoms with Crippen LogP contribution in [0.4, 0.5) is 5.13 Å². The molecule has 6 nitrogen and oxygen atoms in total. The van der Waals surface area contributed by atoms with Crippen molar-refractivity contribution in [2.45, 2.75) is 17.0 Å². The number of thioether (sulfide) groups is 1. The number of rotatable bonds is 3. The Hall–Kier alpha value is -1.15. The number of hydrogen-bond acceptors (Lipinski definition) is 7. The molecule has 0 saturated carbocycles. The summed E-state index contributed by atoms with van der Waals surface area (Å²) in [6, 6.07) is 0. The molecule has 2 aromatic heterocycles. The molecular formula is C7H10N6S2. The first-order valence-electron chi connectivity index (χ1n) is 4.23. The van der Waals surface area contributed by atoms with Crippen LogP contribution < -0.4 is 5.73 Å². The zero-order valence-corrected chi connectivity index (χ0v) is 9.97. The maximum absolute atomic E-state index is 5.48. The molecule has 0 fully saturated rings. The Balaban J connectivity index is 2.02. The summed E-state index contributed by atoms with van der Waals surface area (Å²) in [5.41, 5.74) is 5.48. The summed E-state index contributed by atoms with van der Waals surface area (Å²) in [5.74, 6) is 2.56. The number of nitrogens with zero attached hydrogens (tertiary/aromatic N) is 5. The molecule has 0 radical (unpaired) electrons. The van der Waals surface area contributed by atoms with Crippen molar-refractivity contribution in [1.29, 1.82) is 0 Å². The predicted molar refractivity (Wildman–Crippen MR) is 59.6 cm³/mol. The highest BCUT2D eigenvalue weighted by Gasteiger charge is 2.07. The van der Waals surface area contributed by atoms with Crippen LogP contribution in [0.2, 0.25) is 0 Å².